The molecular formula is C29H27BrFN3O. The zero-order valence-corrected chi connectivity index (χ0v) is 21.0. The number of H-pyrrole nitrogens is 1. The Morgan fingerprint density at radius 1 is 1.06 bits per heavy atom. The van der Waals surface area contributed by atoms with Gasteiger partial charge in [-0.1, -0.05) is 34.1 Å². The van der Waals surface area contributed by atoms with Crippen LogP contribution >= 0.6 is 15.9 Å². The first-order valence-corrected chi connectivity index (χ1v) is 12.8. The van der Waals surface area contributed by atoms with E-state index in [4.69, 9.17) is 4.74 Å². The van der Waals surface area contributed by atoms with E-state index in [1.807, 2.05) is 30.3 Å². The molecule has 0 bridgehead atoms. The third kappa shape index (κ3) is 4.90. The summed E-state index contributed by atoms with van der Waals surface area (Å²) in [6.45, 7) is 2.26. The van der Waals surface area contributed by atoms with E-state index in [1.54, 1.807) is 0 Å². The van der Waals surface area contributed by atoms with Crippen LogP contribution in [-0.2, 0) is 23.4 Å². The maximum absolute atomic E-state index is 13.6. The van der Waals surface area contributed by atoms with Gasteiger partial charge >= 0.3 is 0 Å². The van der Waals surface area contributed by atoms with Crippen molar-refractivity contribution in [1.82, 2.24) is 10.3 Å². The van der Waals surface area contributed by atoms with Crippen LogP contribution in [0.25, 0.3) is 10.9 Å². The second-order valence-corrected chi connectivity index (χ2v) is 9.98. The van der Waals surface area contributed by atoms with Gasteiger partial charge in [0, 0.05) is 21.6 Å². The van der Waals surface area contributed by atoms with Crippen molar-refractivity contribution in [3.8, 4) is 6.07 Å². The Bertz CT molecular complexity index is 1380. The number of fused-ring (bicyclic) bond motifs is 2. The molecule has 2 heterocycles. The lowest BCUT2D eigenvalue weighted by molar-refractivity contribution is -0.0129. The number of nitrogens with zero attached hydrogens (tertiary/aromatic N) is 1. The van der Waals surface area contributed by atoms with E-state index >= 15 is 0 Å². The third-order valence-electron chi connectivity index (χ3n) is 6.87. The van der Waals surface area contributed by atoms with Crippen molar-refractivity contribution in [3.63, 3.8) is 0 Å². The van der Waals surface area contributed by atoms with Crippen molar-refractivity contribution in [2.45, 2.75) is 37.9 Å². The summed E-state index contributed by atoms with van der Waals surface area (Å²) >= 11 is 3.56. The topological polar surface area (TPSA) is 60.8 Å². The van der Waals surface area contributed by atoms with Crippen LogP contribution in [0.1, 0.15) is 47.1 Å². The molecule has 3 aromatic carbocycles. The monoisotopic (exact) mass is 531 g/mol. The molecule has 1 aromatic heterocycles. The van der Waals surface area contributed by atoms with Gasteiger partial charge in [0.1, 0.15) is 11.4 Å². The molecule has 0 radical (unpaired) electrons. The summed E-state index contributed by atoms with van der Waals surface area (Å²) in [5, 5.41) is 14.1. The minimum atomic E-state index is -0.615. The molecule has 5 rings (SSSR count). The second-order valence-electron chi connectivity index (χ2n) is 9.07. The van der Waals surface area contributed by atoms with E-state index in [1.165, 1.54) is 28.6 Å². The number of halogens is 2. The molecule has 6 heteroatoms. The summed E-state index contributed by atoms with van der Waals surface area (Å²) in [7, 11) is 0. The van der Waals surface area contributed by atoms with E-state index in [0.717, 1.165) is 59.9 Å². The average Bonchev–Trinajstić information content (AvgIpc) is 3.45. The van der Waals surface area contributed by atoms with Crippen molar-refractivity contribution in [3.05, 3.63) is 105 Å². The largest absolute Gasteiger partial charge is 0.361 e. The van der Waals surface area contributed by atoms with Gasteiger partial charge in [0.05, 0.1) is 18.2 Å². The average molecular weight is 532 g/mol. The highest BCUT2D eigenvalue weighted by Gasteiger charge is 2.41. The van der Waals surface area contributed by atoms with Gasteiger partial charge in [-0.05, 0) is 103 Å². The Morgan fingerprint density at radius 2 is 1.89 bits per heavy atom. The number of hydrogen-bond acceptors (Lipinski definition) is 3. The summed E-state index contributed by atoms with van der Waals surface area (Å²) in [5.41, 5.74) is 5.59. The zero-order valence-electron chi connectivity index (χ0n) is 19.4. The number of aromatic nitrogens is 1. The van der Waals surface area contributed by atoms with Gasteiger partial charge in [-0.25, -0.2) is 4.39 Å². The number of nitrogens with one attached hydrogen (secondary N) is 2. The van der Waals surface area contributed by atoms with E-state index < -0.39 is 5.60 Å². The smallest absolute Gasteiger partial charge is 0.123 e. The van der Waals surface area contributed by atoms with Crippen LogP contribution in [0.4, 0.5) is 4.39 Å². The maximum Gasteiger partial charge on any atom is 0.123 e. The molecule has 35 heavy (non-hydrogen) atoms. The quantitative estimate of drug-likeness (QED) is 0.236. The van der Waals surface area contributed by atoms with Gasteiger partial charge in [-0.15, -0.1) is 0 Å². The molecule has 0 saturated carbocycles. The fourth-order valence-electron chi connectivity index (χ4n) is 5.11. The molecule has 1 aliphatic rings. The molecule has 0 spiro atoms. The molecule has 1 unspecified atom stereocenters. The molecule has 0 amide bonds. The zero-order chi connectivity index (χ0) is 24.3. The first kappa shape index (κ1) is 23.7. The minimum Gasteiger partial charge on any atom is -0.361 e. The molecule has 2 N–H and O–H groups in total. The minimum absolute atomic E-state index is 0.258. The van der Waals surface area contributed by atoms with Crippen LogP contribution in [0.15, 0.2) is 71.3 Å². The Hall–Kier alpha value is -2.98. The molecule has 4 nitrogen and oxygen atoms in total. The van der Waals surface area contributed by atoms with Crippen LogP contribution in [-0.4, -0.2) is 18.1 Å². The number of hydrogen-bond donors (Lipinski definition) is 2. The van der Waals surface area contributed by atoms with Crippen molar-refractivity contribution in [1.29, 1.82) is 5.26 Å². The van der Waals surface area contributed by atoms with Crippen molar-refractivity contribution in [2.24, 2.45) is 0 Å². The molecule has 1 atom stereocenters. The fraction of sp³-hybridized carbons (Fsp3) is 0.276. The Morgan fingerprint density at radius 3 is 2.71 bits per heavy atom. The predicted octanol–water partition coefficient (Wildman–Crippen LogP) is 6.72. The van der Waals surface area contributed by atoms with E-state index in [-0.39, 0.29) is 5.82 Å². The van der Waals surface area contributed by atoms with Gasteiger partial charge in [0.2, 0.25) is 0 Å². The lowest BCUT2D eigenvalue weighted by Gasteiger charge is -2.30. The predicted molar refractivity (Wildman–Crippen MR) is 140 cm³/mol. The number of rotatable bonds is 9. The molecule has 1 aliphatic heterocycles. The van der Waals surface area contributed by atoms with Gasteiger partial charge in [-0.3, -0.25) is 0 Å². The van der Waals surface area contributed by atoms with Crippen LogP contribution in [0.2, 0.25) is 0 Å². The summed E-state index contributed by atoms with van der Waals surface area (Å²) < 4.78 is 21.1. The molecule has 4 aromatic rings. The molecule has 178 valence electrons. The van der Waals surface area contributed by atoms with Crippen molar-refractivity contribution < 1.29 is 9.13 Å². The standard InChI is InChI=1S/C29H27BrFN3O/c30-24-7-11-28-26(16-24)21(18-34-28)3-1-13-33-14-2-12-29(23-5-8-25(31)9-6-23)27-10-4-20(17-32)15-22(27)19-35-29/h4-11,15-16,18,33-34H,1-3,12-14,19H2. The van der Waals surface area contributed by atoms with E-state index in [0.29, 0.717) is 12.2 Å². The van der Waals surface area contributed by atoms with E-state index in [9.17, 15) is 9.65 Å². The summed E-state index contributed by atoms with van der Waals surface area (Å²) in [5.74, 6) is -0.258. The van der Waals surface area contributed by atoms with E-state index in [2.05, 4.69) is 56.7 Å². The van der Waals surface area contributed by atoms with Crippen LogP contribution in [0.5, 0.6) is 0 Å². The third-order valence-corrected chi connectivity index (χ3v) is 7.36. The summed E-state index contributed by atoms with van der Waals surface area (Å²) in [6.07, 6.45) is 5.87. The molecule has 0 saturated heterocycles. The number of nitriles is 1. The summed E-state index contributed by atoms with van der Waals surface area (Å²) in [6, 6.07) is 20.9. The summed E-state index contributed by atoms with van der Waals surface area (Å²) in [4.78, 5) is 3.35. The van der Waals surface area contributed by atoms with Gasteiger partial charge in [-0.2, -0.15) is 5.26 Å². The Balaban J connectivity index is 1.19. The lowest BCUT2D eigenvalue weighted by Crippen LogP contribution is -2.29. The molecule has 0 aliphatic carbocycles. The normalized spacial score (nSPS) is 16.9. The van der Waals surface area contributed by atoms with Crippen molar-refractivity contribution in [2.75, 3.05) is 13.1 Å². The first-order valence-electron chi connectivity index (χ1n) is 12.0. The van der Waals surface area contributed by atoms with Crippen LogP contribution in [0.3, 0.4) is 0 Å². The molecular weight excluding hydrogens is 505 g/mol. The second kappa shape index (κ2) is 10.3. The highest BCUT2D eigenvalue weighted by Crippen LogP contribution is 2.45. The SMILES string of the molecule is N#Cc1ccc2c(c1)COC2(CCCNCCCc1c[nH]c2ccc(Br)cc12)c1ccc(F)cc1. The van der Waals surface area contributed by atoms with Crippen LogP contribution in [0, 0.1) is 17.1 Å². The first-order chi connectivity index (χ1) is 17.1. The number of aryl methyl sites for hydroxylation is 1. The van der Waals surface area contributed by atoms with Crippen molar-refractivity contribution >= 4 is 26.8 Å². The van der Waals surface area contributed by atoms with Crippen LogP contribution < -0.4 is 5.32 Å². The van der Waals surface area contributed by atoms with Gasteiger partial charge in [0.15, 0.2) is 0 Å². The number of ether oxygens (including phenoxy) is 1. The molecule has 0 fully saturated rings. The Labute approximate surface area is 213 Å². The lowest BCUT2D eigenvalue weighted by atomic mass is 9.81. The maximum atomic E-state index is 13.6. The highest BCUT2D eigenvalue weighted by atomic mass is 79.9. The number of benzene rings is 3. The highest BCUT2D eigenvalue weighted by molar-refractivity contribution is 9.10. The van der Waals surface area contributed by atoms with Gasteiger partial charge < -0.3 is 15.0 Å². The fourth-order valence-corrected chi connectivity index (χ4v) is 5.47. The number of aromatic amines is 1. The van der Waals surface area contributed by atoms with Gasteiger partial charge in [0.25, 0.3) is 0 Å². The Kier molecular flexibility index (Phi) is 7.01.